The van der Waals surface area contributed by atoms with E-state index >= 15 is 0 Å². The van der Waals surface area contributed by atoms with Crippen LogP contribution in [-0.2, 0) is 9.09 Å². The zero-order valence-electron chi connectivity index (χ0n) is 19.2. The van der Waals surface area contributed by atoms with Gasteiger partial charge in [-0.2, -0.15) is 0 Å². The van der Waals surface area contributed by atoms with Gasteiger partial charge >= 0.3 is 0 Å². The minimum absolute atomic E-state index is 0.131. The van der Waals surface area contributed by atoms with Crippen molar-refractivity contribution in [3.05, 3.63) is 58.6 Å². The Bertz CT molecular complexity index is 898. The van der Waals surface area contributed by atoms with Crippen LogP contribution in [0.15, 0.2) is 53.0 Å². The van der Waals surface area contributed by atoms with Gasteiger partial charge in [0.15, 0.2) is 5.85 Å². The van der Waals surface area contributed by atoms with Gasteiger partial charge in [-0.3, -0.25) is 4.57 Å². The molecule has 1 N–H and O–H groups in total. The Hall–Kier alpha value is -1.13. The van der Waals surface area contributed by atoms with Crippen LogP contribution in [-0.4, -0.2) is 25.3 Å². The summed E-state index contributed by atoms with van der Waals surface area (Å²) < 4.78 is 22.0. The van der Waals surface area contributed by atoms with E-state index in [2.05, 4.69) is 36.7 Å². The molecule has 4 nitrogen and oxygen atoms in total. The van der Waals surface area contributed by atoms with Gasteiger partial charge in [0, 0.05) is 29.6 Å². The Kier molecular flexibility index (Phi) is 8.07. The molecule has 0 amide bonds. The maximum absolute atomic E-state index is 14.5. The molecule has 170 valence electrons. The Morgan fingerprint density at radius 1 is 1.06 bits per heavy atom. The van der Waals surface area contributed by atoms with Crippen molar-refractivity contribution in [2.75, 3.05) is 19.0 Å². The van der Waals surface area contributed by atoms with Crippen molar-refractivity contribution in [2.24, 2.45) is 17.8 Å². The minimum Gasteiger partial charge on any atom is -0.378 e. The lowest BCUT2D eigenvalue weighted by molar-refractivity contribution is 0.0427. The number of rotatable bonds is 7. The zero-order chi connectivity index (χ0) is 22.8. The fraction of sp³-hybridized carbons (Fsp3) is 0.520. The molecule has 3 rings (SSSR count). The molecule has 1 fully saturated rings. The molecule has 1 aliphatic rings. The van der Waals surface area contributed by atoms with Crippen molar-refractivity contribution in [1.29, 1.82) is 0 Å². The highest BCUT2D eigenvalue weighted by atomic mass is 79.9. The number of halogens is 1. The molecular formula is C25H35BrNO3P. The number of hydrogen-bond donors (Lipinski definition) is 1. The number of hydrogen-bond acceptors (Lipinski definition) is 4. The maximum Gasteiger partial charge on any atom is 0.264 e. The lowest BCUT2D eigenvalue weighted by atomic mass is 9.75. The van der Waals surface area contributed by atoms with Gasteiger partial charge in [-0.25, -0.2) is 0 Å². The Morgan fingerprint density at radius 2 is 1.68 bits per heavy atom. The highest BCUT2D eigenvalue weighted by Crippen LogP contribution is 2.60. The summed E-state index contributed by atoms with van der Waals surface area (Å²) in [7, 11) is 0.341. The van der Waals surface area contributed by atoms with Gasteiger partial charge in [-0.05, 0) is 72.6 Å². The first-order valence-corrected chi connectivity index (χ1v) is 13.6. The Balaban J connectivity index is 2.02. The van der Waals surface area contributed by atoms with Crippen molar-refractivity contribution >= 4 is 34.3 Å². The van der Waals surface area contributed by atoms with Crippen LogP contribution in [0.3, 0.4) is 0 Å². The van der Waals surface area contributed by atoms with Crippen molar-refractivity contribution < 1.29 is 14.2 Å². The van der Waals surface area contributed by atoms with E-state index in [0.29, 0.717) is 28.6 Å². The molecule has 0 radical (unpaired) electrons. The van der Waals surface area contributed by atoms with Crippen molar-refractivity contribution in [3.63, 3.8) is 0 Å². The Morgan fingerprint density at radius 3 is 2.23 bits per heavy atom. The van der Waals surface area contributed by atoms with Crippen LogP contribution in [0.25, 0.3) is 0 Å². The summed E-state index contributed by atoms with van der Waals surface area (Å²) in [6.07, 6.45) is 2.97. The van der Waals surface area contributed by atoms with Crippen molar-refractivity contribution in [2.45, 2.75) is 52.0 Å². The molecule has 6 heteroatoms. The molecule has 0 spiro atoms. The molecule has 0 saturated heterocycles. The van der Waals surface area contributed by atoms with Crippen LogP contribution in [0.4, 0.5) is 5.69 Å². The van der Waals surface area contributed by atoms with E-state index < -0.39 is 13.2 Å². The van der Waals surface area contributed by atoms with Crippen molar-refractivity contribution in [1.82, 2.24) is 0 Å². The molecule has 2 aromatic rings. The van der Waals surface area contributed by atoms with E-state index in [4.69, 9.17) is 4.52 Å². The normalized spacial score (nSPS) is 24.6. The fourth-order valence-electron chi connectivity index (χ4n) is 4.49. The first-order chi connectivity index (χ1) is 14.6. The summed E-state index contributed by atoms with van der Waals surface area (Å²) in [4.78, 5) is 2.00. The van der Waals surface area contributed by atoms with E-state index in [1.54, 1.807) is 0 Å². The molecule has 0 aromatic heterocycles. The van der Waals surface area contributed by atoms with Crippen LogP contribution in [0, 0.1) is 17.8 Å². The summed E-state index contributed by atoms with van der Waals surface area (Å²) in [5, 5.41) is 11.9. The fourth-order valence-corrected chi connectivity index (χ4v) is 7.04. The highest BCUT2D eigenvalue weighted by molar-refractivity contribution is 9.10. The van der Waals surface area contributed by atoms with E-state index in [-0.39, 0.29) is 6.10 Å². The third-order valence-electron chi connectivity index (χ3n) is 6.47. The van der Waals surface area contributed by atoms with Crippen LogP contribution in [0.1, 0.15) is 51.4 Å². The summed E-state index contributed by atoms with van der Waals surface area (Å²) in [6, 6.07) is 14.9. The molecule has 31 heavy (non-hydrogen) atoms. The lowest BCUT2D eigenvalue weighted by Gasteiger charge is -2.40. The average molecular weight is 508 g/mol. The predicted octanol–water partition coefficient (Wildman–Crippen LogP) is 6.59. The highest BCUT2D eigenvalue weighted by Gasteiger charge is 2.42. The van der Waals surface area contributed by atoms with Gasteiger partial charge in [0.25, 0.3) is 7.37 Å². The summed E-state index contributed by atoms with van der Waals surface area (Å²) in [5.74, 6) is 0.0832. The van der Waals surface area contributed by atoms with Gasteiger partial charge in [0.1, 0.15) is 0 Å². The van der Waals surface area contributed by atoms with Gasteiger partial charge in [-0.15, -0.1) is 0 Å². The molecule has 0 bridgehead atoms. The molecule has 1 aliphatic carbocycles. The largest absolute Gasteiger partial charge is 0.378 e. The second-order valence-corrected chi connectivity index (χ2v) is 12.7. The summed E-state index contributed by atoms with van der Waals surface area (Å²) in [6.45, 7) is 6.65. The van der Waals surface area contributed by atoms with E-state index in [1.807, 2.05) is 67.5 Å². The van der Waals surface area contributed by atoms with Gasteiger partial charge in [0.2, 0.25) is 0 Å². The monoisotopic (exact) mass is 507 g/mol. The first-order valence-electron chi connectivity index (χ1n) is 11.1. The molecule has 1 saturated carbocycles. The first kappa shape index (κ1) is 24.5. The third kappa shape index (κ3) is 5.63. The van der Waals surface area contributed by atoms with E-state index in [0.717, 1.165) is 23.0 Å². The van der Waals surface area contributed by atoms with Gasteiger partial charge < -0.3 is 14.5 Å². The number of aliphatic hydroxyl groups is 1. The van der Waals surface area contributed by atoms with Crippen LogP contribution in [0.5, 0.6) is 0 Å². The molecule has 0 aliphatic heterocycles. The van der Waals surface area contributed by atoms with Gasteiger partial charge in [0.05, 0.1) is 6.10 Å². The number of nitrogens with zero attached hydrogens (tertiary/aromatic N) is 1. The van der Waals surface area contributed by atoms with Crippen LogP contribution < -0.4 is 10.2 Å². The standard InChI is InChI=1S/C25H35BrNO3P/c1-17(2)23-15-6-18(3)16-24(23)30-31(29,22-13-11-21(12-14-22)27(4)5)25(28)19-7-9-20(26)10-8-19/h7-14,17-18,23-25,28H,6,15-16H2,1-5H3/t18-,23+,24+,25-,31+/m0/s1. The third-order valence-corrected chi connectivity index (χ3v) is 9.54. The minimum atomic E-state index is -3.60. The number of anilines is 1. The van der Waals surface area contributed by atoms with E-state index in [1.165, 1.54) is 6.42 Å². The predicted molar refractivity (Wildman–Crippen MR) is 133 cm³/mol. The van der Waals surface area contributed by atoms with Crippen LogP contribution in [0.2, 0.25) is 0 Å². The molecule has 2 aromatic carbocycles. The Labute approximate surface area is 195 Å². The second kappa shape index (κ2) is 10.2. The maximum atomic E-state index is 14.5. The second-order valence-electron chi connectivity index (χ2n) is 9.40. The topological polar surface area (TPSA) is 49.8 Å². The number of benzene rings is 2. The zero-order valence-corrected chi connectivity index (χ0v) is 21.6. The van der Waals surface area contributed by atoms with Gasteiger partial charge in [-0.1, -0.05) is 55.3 Å². The molecule has 0 heterocycles. The van der Waals surface area contributed by atoms with E-state index in [9.17, 15) is 9.67 Å². The van der Waals surface area contributed by atoms with Crippen molar-refractivity contribution in [3.8, 4) is 0 Å². The average Bonchev–Trinajstić information content (AvgIpc) is 2.73. The number of aliphatic hydroxyl groups excluding tert-OH is 1. The molecule has 5 atom stereocenters. The summed E-state index contributed by atoms with van der Waals surface area (Å²) >= 11 is 3.43. The lowest BCUT2D eigenvalue weighted by Crippen LogP contribution is -2.35. The quantitative estimate of drug-likeness (QED) is 0.429. The molecular weight excluding hydrogens is 473 g/mol. The van der Waals surface area contributed by atoms with Crippen LogP contribution >= 0.6 is 23.3 Å². The SMILES string of the molecule is CC(C)[C@H]1CC[C@H](C)C[C@H]1O[P@](=O)(c1ccc(N(C)C)cc1)[C@H](O)c1ccc(Br)cc1. The smallest absolute Gasteiger partial charge is 0.264 e. The molecule has 0 unspecified atom stereocenters. The summed E-state index contributed by atoms with van der Waals surface area (Å²) in [5.41, 5.74) is 1.62.